The molecule has 7 rings (SSSR count). The number of carbonyl (C=O) groups excluding carboxylic acids is 3. The molecule has 1 aliphatic carbocycles. The Labute approximate surface area is 276 Å². The monoisotopic (exact) mass is 652 g/mol. The number of nitrogens with one attached hydrogen (secondary N) is 1. The first-order valence-electron chi connectivity index (χ1n) is 16.0. The Bertz CT molecular complexity index is 1980. The number of amides is 2. The van der Waals surface area contributed by atoms with Crippen molar-refractivity contribution in [3.05, 3.63) is 81.2 Å². The normalized spacial score (nSPS) is 17.2. The average Bonchev–Trinajstić information content (AvgIpc) is 3.63. The van der Waals surface area contributed by atoms with Crippen molar-refractivity contribution in [3.63, 3.8) is 0 Å². The van der Waals surface area contributed by atoms with Crippen LogP contribution in [0.2, 0.25) is 0 Å². The first-order chi connectivity index (χ1) is 23.2. The number of ether oxygens (including phenoxy) is 2. The van der Waals surface area contributed by atoms with E-state index < -0.39 is 11.5 Å². The summed E-state index contributed by atoms with van der Waals surface area (Å²) in [6.45, 7) is 6.44. The van der Waals surface area contributed by atoms with Crippen LogP contribution in [0.4, 0.5) is 17.3 Å². The van der Waals surface area contributed by atoms with Gasteiger partial charge in [0, 0.05) is 69.4 Å². The molecule has 0 bridgehead atoms. The molecular weight excluding hydrogens is 616 g/mol. The van der Waals surface area contributed by atoms with E-state index >= 15 is 0 Å². The molecule has 1 unspecified atom stereocenters. The molecular formula is C34H36N8O6. The number of hydrogen-bond acceptors (Lipinski definition) is 10. The maximum atomic E-state index is 13.9. The van der Waals surface area contributed by atoms with Gasteiger partial charge in [0.15, 0.2) is 0 Å². The van der Waals surface area contributed by atoms with Crippen LogP contribution in [0.5, 0.6) is 0 Å². The minimum atomic E-state index is -0.488. The van der Waals surface area contributed by atoms with Crippen molar-refractivity contribution in [1.82, 2.24) is 29.2 Å². The lowest BCUT2D eigenvalue weighted by molar-refractivity contribution is -0.142. The van der Waals surface area contributed by atoms with Crippen molar-refractivity contribution in [2.24, 2.45) is 13.0 Å². The summed E-state index contributed by atoms with van der Waals surface area (Å²) in [7, 11) is 1.53. The SMILES string of the molecule is CC(=O)OCc1c(-c2cc(Nc3ccc(C(=O)N4CCOCC4)cn3)c(=O)n(C)n2)ccnc1N1CCn2c(cc3c2CC(C)C3)C1=O. The fraction of sp³-hybridized carbons (Fsp3) is 0.382. The maximum absolute atomic E-state index is 13.9. The van der Waals surface area contributed by atoms with Crippen LogP contribution in [-0.4, -0.2) is 79.8 Å². The van der Waals surface area contributed by atoms with E-state index in [9.17, 15) is 19.2 Å². The van der Waals surface area contributed by atoms with Crippen LogP contribution in [0, 0.1) is 5.92 Å². The molecule has 1 N–H and O–H groups in total. The minimum Gasteiger partial charge on any atom is -0.461 e. The highest BCUT2D eigenvalue weighted by Gasteiger charge is 2.34. The number of pyridine rings is 2. The summed E-state index contributed by atoms with van der Waals surface area (Å²) < 4.78 is 14.1. The van der Waals surface area contributed by atoms with Crippen molar-refractivity contribution in [2.45, 2.75) is 39.8 Å². The number of hydrogen-bond donors (Lipinski definition) is 1. The first-order valence-corrected chi connectivity index (χ1v) is 16.0. The molecule has 0 aromatic carbocycles. The predicted molar refractivity (Wildman–Crippen MR) is 175 cm³/mol. The van der Waals surface area contributed by atoms with E-state index in [-0.39, 0.29) is 24.1 Å². The Hall–Kier alpha value is -5.37. The highest BCUT2D eigenvalue weighted by molar-refractivity contribution is 6.06. The van der Waals surface area contributed by atoms with Crippen molar-refractivity contribution < 1.29 is 23.9 Å². The van der Waals surface area contributed by atoms with Gasteiger partial charge in [0.2, 0.25) is 0 Å². The molecule has 2 amide bonds. The number of morpholine rings is 1. The third-order valence-corrected chi connectivity index (χ3v) is 9.04. The van der Waals surface area contributed by atoms with E-state index in [0.29, 0.717) is 85.0 Å². The lowest BCUT2D eigenvalue weighted by atomic mass is 10.0. The van der Waals surface area contributed by atoms with Gasteiger partial charge in [0.05, 0.1) is 24.5 Å². The Morgan fingerprint density at radius 3 is 2.60 bits per heavy atom. The topological polar surface area (TPSA) is 154 Å². The molecule has 3 aliphatic rings. The second-order valence-corrected chi connectivity index (χ2v) is 12.4. The van der Waals surface area contributed by atoms with Gasteiger partial charge in [-0.05, 0) is 54.7 Å². The zero-order valence-corrected chi connectivity index (χ0v) is 27.1. The van der Waals surface area contributed by atoms with E-state index in [1.165, 1.54) is 36.1 Å². The van der Waals surface area contributed by atoms with Crippen molar-refractivity contribution in [3.8, 4) is 11.3 Å². The van der Waals surface area contributed by atoms with Gasteiger partial charge in [-0.3, -0.25) is 24.1 Å². The summed E-state index contributed by atoms with van der Waals surface area (Å²) in [5.41, 5.74) is 4.72. The van der Waals surface area contributed by atoms with E-state index in [1.54, 1.807) is 40.3 Å². The second kappa shape index (κ2) is 12.7. The number of aryl methyl sites for hydroxylation is 1. The van der Waals surface area contributed by atoms with Gasteiger partial charge in [-0.15, -0.1) is 0 Å². The number of esters is 1. The molecule has 0 radical (unpaired) electrons. The van der Waals surface area contributed by atoms with Crippen LogP contribution in [-0.2, 0) is 47.3 Å². The van der Waals surface area contributed by atoms with E-state index in [4.69, 9.17) is 9.47 Å². The molecule has 14 nitrogen and oxygen atoms in total. The number of fused-ring (bicyclic) bond motifs is 3. The molecule has 1 saturated heterocycles. The van der Waals surface area contributed by atoms with Gasteiger partial charge >= 0.3 is 5.97 Å². The standard InChI is InChI=1S/C34H36N8O6/c1-20-14-23-16-29-34(46)42(9-8-41(29)28(23)15-20)31-25(19-48-21(2)43)24(6-7-35-31)26-17-27(33(45)39(3)38-26)37-30-5-4-22(18-36-30)32(44)40-10-12-47-13-11-40/h4-7,16-18,20H,8-15,19H2,1-3H3,(H,36,37). The van der Waals surface area contributed by atoms with Gasteiger partial charge in [0.1, 0.15) is 29.6 Å². The molecule has 1 atom stereocenters. The summed E-state index contributed by atoms with van der Waals surface area (Å²) in [5, 5.41) is 7.57. The van der Waals surface area contributed by atoms with Gasteiger partial charge in [-0.2, -0.15) is 5.10 Å². The summed E-state index contributed by atoms with van der Waals surface area (Å²) in [6, 6.07) is 8.60. The van der Waals surface area contributed by atoms with Gasteiger partial charge in [0.25, 0.3) is 17.4 Å². The molecule has 0 spiro atoms. The molecule has 0 saturated carbocycles. The third-order valence-electron chi connectivity index (χ3n) is 9.04. The Morgan fingerprint density at radius 1 is 1.04 bits per heavy atom. The zero-order valence-electron chi connectivity index (χ0n) is 27.1. The molecule has 248 valence electrons. The summed E-state index contributed by atoms with van der Waals surface area (Å²) in [6.07, 6.45) is 4.96. The smallest absolute Gasteiger partial charge is 0.302 e. The minimum absolute atomic E-state index is 0.132. The highest BCUT2D eigenvalue weighted by atomic mass is 16.5. The summed E-state index contributed by atoms with van der Waals surface area (Å²) in [5.74, 6) is 0.496. The Balaban J connectivity index is 1.20. The number of rotatable bonds is 7. The van der Waals surface area contributed by atoms with Crippen molar-refractivity contribution in [2.75, 3.05) is 43.1 Å². The molecule has 4 aromatic rings. The van der Waals surface area contributed by atoms with Crippen LogP contribution in [0.15, 0.2) is 47.5 Å². The highest BCUT2D eigenvalue weighted by Crippen LogP contribution is 2.35. The predicted octanol–water partition coefficient (Wildman–Crippen LogP) is 2.71. The average molecular weight is 653 g/mol. The van der Waals surface area contributed by atoms with Crippen LogP contribution >= 0.6 is 0 Å². The first kappa shape index (κ1) is 31.2. The van der Waals surface area contributed by atoms with E-state index in [2.05, 4.69) is 31.9 Å². The maximum Gasteiger partial charge on any atom is 0.302 e. The van der Waals surface area contributed by atoms with Gasteiger partial charge < -0.3 is 24.3 Å². The number of nitrogens with zero attached hydrogens (tertiary/aromatic N) is 7. The van der Waals surface area contributed by atoms with Gasteiger partial charge in [-0.1, -0.05) is 6.92 Å². The summed E-state index contributed by atoms with van der Waals surface area (Å²) >= 11 is 0. The van der Waals surface area contributed by atoms with Crippen LogP contribution in [0.1, 0.15) is 51.5 Å². The molecule has 48 heavy (non-hydrogen) atoms. The van der Waals surface area contributed by atoms with Crippen LogP contribution in [0.25, 0.3) is 11.3 Å². The fourth-order valence-corrected chi connectivity index (χ4v) is 6.70. The summed E-state index contributed by atoms with van der Waals surface area (Å²) in [4.78, 5) is 64.2. The Morgan fingerprint density at radius 2 is 1.85 bits per heavy atom. The molecule has 4 aromatic heterocycles. The number of anilines is 3. The Kier molecular flexibility index (Phi) is 8.25. The van der Waals surface area contributed by atoms with Crippen molar-refractivity contribution >= 4 is 35.1 Å². The second-order valence-electron chi connectivity index (χ2n) is 12.4. The van der Waals surface area contributed by atoms with E-state index in [0.717, 1.165) is 12.8 Å². The lowest BCUT2D eigenvalue weighted by Gasteiger charge is -2.30. The molecule has 14 heteroatoms. The molecule has 2 aliphatic heterocycles. The largest absolute Gasteiger partial charge is 0.461 e. The van der Waals surface area contributed by atoms with Crippen LogP contribution < -0.4 is 15.8 Å². The van der Waals surface area contributed by atoms with Crippen LogP contribution in [0.3, 0.4) is 0 Å². The van der Waals surface area contributed by atoms with Crippen molar-refractivity contribution in [1.29, 1.82) is 0 Å². The zero-order chi connectivity index (χ0) is 33.5. The third kappa shape index (κ3) is 5.83. The fourth-order valence-electron chi connectivity index (χ4n) is 6.70. The molecule has 6 heterocycles. The lowest BCUT2D eigenvalue weighted by Crippen LogP contribution is -2.41. The van der Waals surface area contributed by atoms with E-state index in [1.807, 2.05) is 6.07 Å². The number of carbonyl (C=O) groups is 3. The molecule has 1 fully saturated rings. The number of aromatic nitrogens is 5. The quantitative estimate of drug-likeness (QED) is 0.295. The van der Waals surface area contributed by atoms with Gasteiger partial charge in [-0.25, -0.2) is 14.6 Å².